The lowest BCUT2D eigenvalue weighted by Gasteiger charge is -2.06. The molecule has 0 bridgehead atoms. The van der Waals surface area contributed by atoms with Gasteiger partial charge in [-0.2, -0.15) is 0 Å². The van der Waals surface area contributed by atoms with Crippen LogP contribution in [0.5, 0.6) is 0 Å². The molecule has 0 fully saturated rings. The van der Waals surface area contributed by atoms with E-state index < -0.39 is 0 Å². The fourth-order valence-corrected chi connectivity index (χ4v) is 6.86. The molecule has 0 spiro atoms. The predicted molar refractivity (Wildman–Crippen MR) is 220 cm³/mol. The Labute approximate surface area is 309 Å². The highest BCUT2D eigenvalue weighted by molar-refractivity contribution is 5.69. The number of rotatable bonds is 42. The van der Waals surface area contributed by atoms with E-state index in [2.05, 4.69) is 38.2 Å². The van der Waals surface area contributed by atoms with Crippen molar-refractivity contribution < 1.29 is 9.53 Å². The van der Waals surface area contributed by atoms with Crippen LogP contribution in [0, 0.1) is 6.92 Å². The molecule has 1 radical (unpaired) electrons. The number of allylic oxidation sites excluding steroid dienone is 4. The molecule has 2 nitrogen and oxygen atoms in total. The van der Waals surface area contributed by atoms with Crippen LogP contribution < -0.4 is 0 Å². The van der Waals surface area contributed by atoms with Crippen molar-refractivity contribution in [2.24, 2.45) is 0 Å². The second-order valence-corrected chi connectivity index (χ2v) is 15.2. The summed E-state index contributed by atoms with van der Waals surface area (Å²) in [6, 6.07) is 0. The molecule has 0 aromatic rings. The highest BCUT2D eigenvalue weighted by Gasteiger charge is 2.03. The summed E-state index contributed by atoms with van der Waals surface area (Å²) in [5.41, 5.74) is 0. The second kappa shape index (κ2) is 45.0. The van der Waals surface area contributed by atoms with Gasteiger partial charge in [0.15, 0.2) is 0 Å². The molecule has 0 heterocycles. The number of esters is 1. The van der Waals surface area contributed by atoms with Gasteiger partial charge in [0.1, 0.15) is 0 Å². The van der Waals surface area contributed by atoms with Crippen molar-refractivity contribution in [3.8, 4) is 0 Å². The van der Waals surface area contributed by atoms with Gasteiger partial charge >= 0.3 is 5.97 Å². The topological polar surface area (TPSA) is 26.3 Å². The van der Waals surface area contributed by atoms with E-state index in [9.17, 15) is 4.79 Å². The number of hydrogen-bond acceptors (Lipinski definition) is 2. The summed E-state index contributed by atoms with van der Waals surface area (Å²) in [4.78, 5) is 12.0. The van der Waals surface area contributed by atoms with E-state index in [1.165, 1.54) is 212 Å². The molecule has 0 saturated carbocycles. The Morgan fingerprint density at radius 1 is 0.408 bits per heavy atom. The van der Waals surface area contributed by atoms with Crippen LogP contribution in [0.1, 0.15) is 257 Å². The Kier molecular flexibility index (Phi) is 44.0. The highest BCUT2D eigenvalue weighted by Crippen LogP contribution is 2.16. The third-order valence-corrected chi connectivity index (χ3v) is 10.2. The summed E-state index contributed by atoms with van der Waals surface area (Å²) in [6.07, 6.45) is 60.9. The highest BCUT2D eigenvalue weighted by atomic mass is 16.5. The van der Waals surface area contributed by atoms with Gasteiger partial charge in [0.2, 0.25) is 0 Å². The Hall–Kier alpha value is -1.05. The van der Waals surface area contributed by atoms with Crippen molar-refractivity contribution in [3.05, 3.63) is 31.2 Å². The van der Waals surface area contributed by atoms with Crippen LogP contribution in [0.4, 0.5) is 0 Å². The van der Waals surface area contributed by atoms with E-state index in [0.29, 0.717) is 13.0 Å². The molecule has 0 N–H and O–H groups in total. The summed E-state index contributed by atoms with van der Waals surface area (Å²) < 4.78 is 5.46. The van der Waals surface area contributed by atoms with Gasteiger partial charge in [-0.1, -0.05) is 237 Å². The Morgan fingerprint density at radius 2 is 0.735 bits per heavy atom. The number of carbonyl (C=O) groups is 1. The van der Waals surface area contributed by atoms with Crippen molar-refractivity contribution in [2.75, 3.05) is 6.61 Å². The first-order valence-electron chi connectivity index (χ1n) is 22.6. The lowest BCUT2D eigenvalue weighted by molar-refractivity contribution is -0.143. The molecule has 2 heteroatoms. The van der Waals surface area contributed by atoms with Crippen molar-refractivity contribution in [1.29, 1.82) is 0 Å². The minimum atomic E-state index is 0.0133. The zero-order valence-electron chi connectivity index (χ0n) is 33.6. The Morgan fingerprint density at radius 3 is 1.12 bits per heavy atom. The van der Waals surface area contributed by atoms with E-state index in [4.69, 9.17) is 4.74 Å². The van der Waals surface area contributed by atoms with E-state index in [1.807, 2.05) is 0 Å². The SMILES string of the molecule is [CH2]CCCCCCCCCCCCCCCCCCCCCCCCCCCCOC(=O)CCCCCCCC=CCC=CCCCCC. The van der Waals surface area contributed by atoms with Crippen LogP contribution >= 0.6 is 0 Å². The van der Waals surface area contributed by atoms with Crippen molar-refractivity contribution in [3.63, 3.8) is 0 Å². The molecule has 0 aromatic carbocycles. The van der Waals surface area contributed by atoms with Crippen molar-refractivity contribution in [1.82, 2.24) is 0 Å². The second-order valence-electron chi connectivity index (χ2n) is 15.2. The van der Waals surface area contributed by atoms with E-state index in [1.54, 1.807) is 0 Å². The minimum absolute atomic E-state index is 0.0133. The van der Waals surface area contributed by atoms with Gasteiger partial charge in [-0.3, -0.25) is 4.79 Å². The lowest BCUT2D eigenvalue weighted by Crippen LogP contribution is -2.05. The average molecular weight is 686 g/mol. The minimum Gasteiger partial charge on any atom is -0.466 e. The number of unbranched alkanes of at least 4 members (excludes halogenated alkanes) is 34. The molecule has 0 aliphatic rings. The molecular weight excluding hydrogens is 597 g/mol. The third kappa shape index (κ3) is 44.9. The molecule has 0 aromatic heterocycles. The molecule has 0 amide bonds. The normalized spacial score (nSPS) is 11.8. The number of hydrogen-bond donors (Lipinski definition) is 0. The van der Waals surface area contributed by atoms with E-state index in [0.717, 1.165) is 32.1 Å². The van der Waals surface area contributed by atoms with Crippen molar-refractivity contribution in [2.45, 2.75) is 257 Å². The molecular formula is C47H89O2. The maximum atomic E-state index is 12.0. The van der Waals surface area contributed by atoms with Crippen LogP contribution in [0.3, 0.4) is 0 Å². The smallest absolute Gasteiger partial charge is 0.305 e. The van der Waals surface area contributed by atoms with Gasteiger partial charge < -0.3 is 4.74 Å². The zero-order chi connectivity index (χ0) is 35.4. The lowest BCUT2D eigenvalue weighted by atomic mass is 10.0. The monoisotopic (exact) mass is 686 g/mol. The van der Waals surface area contributed by atoms with Crippen LogP contribution in [-0.4, -0.2) is 12.6 Å². The van der Waals surface area contributed by atoms with Crippen LogP contribution in [0.2, 0.25) is 0 Å². The first-order chi connectivity index (χ1) is 24.3. The maximum Gasteiger partial charge on any atom is 0.305 e. The predicted octanol–water partition coefficient (Wildman–Crippen LogP) is 16.7. The molecule has 0 saturated heterocycles. The Balaban J connectivity index is 3.17. The van der Waals surface area contributed by atoms with E-state index in [-0.39, 0.29) is 5.97 Å². The van der Waals surface area contributed by atoms with Gasteiger partial charge in [0.25, 0.3) is 0 Å². The van der Waals surface area contributed by atoms with Gasteiger partial charge in [0.05, 0.1) is 6.61 Å². The van der Waals surface area contributed by atoms with Gasteiger partial charge in [-0.25, -0.2) is 0 Å². The maximum absolute atomic E-state index is 12.0. The van der Waals surface area contributed by atoms with Gasteiger partial charge in [-0.15, -0.1) is 0 Å². The largest absolute Gasteiger partial charge is 0.466 e. The molecule has 0 atom stereocenters. The summed E-state index contributed by atoms with van der Waals surface area (Å²) in [6.45, 7) is 6.81. The Bertz CT molecular complexity index is 665. The zero-order valence-corrected chi connectivity index (χ0v) is 33.6. The number of ether oxygens (including phenoxy) is 1. The molecule has 289 valence electrons. The fourth-order valence-electron chi connectivity index (χ4n) is 6.86. The van der Waals surface area contributed by atoms with Crippen LogP contribution in [0.25, 0.3) is 0 Å². The summed E-state index contributed by atoms with van der Waals surface area (Å²) in [5, 5.41) is 0. The first kappa shape index (κ1) is 48.0. The molecule has 0 rings (SSSR count). The van der Waals surface area contributed by atoms with Gasteiger partial charge in [0, 0.05) is 6.42 Å². The average Bonchev–Trinajstić information content (AvgIpc) is 3.11. The molecule has 49 heavy (non-hydrogen) atoms. The molecule has 0 aliphatic heterocycles. The van der Waals surface area contributed by atoms with Crippen LogP contribution in [-0.2, 0) is 9.53 Å². The quantitative estimate of drug-likeness (QED) is 0.0363. The third-order valence-electron chi connectivity index (χ3n) is 10.2. The van der Waals surface area contributed by atoms with E-state index >= 15 is 0 Å². The van der Waals surface area contributed by atoms with Crippen molar-refractivity contribution >= 4 is 5.97 Å². The summed E-state index contributed by atoms with van der Waals surface area (Å²) >= 11 is 0. The summed E-state index contributed by atoms with van der Waals surface area (Å²) in [5.74, 6) is 0.0133. The van der Waals surface area contributed by atoms with Crippen LogP contribution in [0.15, 0.2) is 24.3 Å². The number of carbonyl (C=O) groups excluding carboxylic acids is 1. The van der Waals surface area contributed by atoms with Gasteiger partial charge in [-0.05, 0) is 44.9 Å². The fraction of sp³-hybridized carbons (Fsp3) is 0.872. The molecule has 0 unspecified atom stereocenters. The molecule has 0 aliphatic carbocycles. The summed E-state index contributed by atoms with van der Waals surface area (Å²) in [7, 11) is 0. The first-order valence-corrected chi connectivity index (χ1v) is 22.6. The standard InChI is InChI=1S/C47H89O2/c1-3-5-7-9-11-13-15-17-19-20-21-22-23-24-25-26-27-28-29-30-32-34-36-38-40-42-44-46-49-47(48)45-43-41-39-37-35-33-31-18-16-14-12-10-8-6-4-2/h12,14,18,31H,1,3-11,13,15-17,19-30,32-46H2,2H3.